The number of allylic oxidation sites excluding steroid dienone is 5. The lowest BCUT2D eigenvalue weighted by Gasteiger charge is -2.01. The Morgan fingerprint density at radius 1 is 1.41 bits per heavy atom. The number of phenolic OH excluding ortho intramolecular Hbond substituents is 1. The monoisotopic (exact) mass is 291 g/mol. The summed E-state index contributed by atoms with van der Waals surface area (Å²) in [6.07, 6.45) is 7.09. The Kier molecular flexibility index (Phi) is 4.79. The number of hydrogen-bond acceptors (Lipinski definition) is 2. The van der Waals surface area contributed by atoms with E-state index in [9.17, 15) is 5.11 Å². The van der Waals surface area contributed by atoms with E-state index in [2.05, 4.69) is 29.1 Å². The quantitative estimate of drug-likeness (QED) is 0.500. The molecule has 88 valence electrons. The van der Waals surface area contributed by atoms with Gasteiger partial charge in [-0.25, -0.2) is 0 Å². The van der Waals surface area contributed by atoms with Gasteiger partial charge in [-0.2, -0.15) is 0 Å². The van der Waals surface area contributed by atoms with Crippen LogP contribution in [0.4, 0.5) is 5.69 Å². The second kappa shape index (κ2) is 6.11. The van der Waals surface area contributed by atoms with E-state index in [1.165, 1.54) is 0 Å². The van der Waals surface area contributed by atoms with Gasteiger partial charge in [0.15, 0.2) is 0 Å². The zero-order chi connectivity index (χ0) is 12.8. The van der Waals surface area contributed by atoms with Gasteiger partial charge >= 0.3 is 0 Å². The van der Waals surface area contributed by atoms with E-state index >= 15 is 0 Å². The van der Waals surface area contributed by atoms with Gasteiger partial charge in [0.05, 0.1) is 0 Å². The molecule has 0 radical (unpaired) electrons. The van der Waals surface area contributed by atoms with E-state index < -0.39 is 0 Å². The van der Waals surface area contributed by atoms with Crippen LogP contribution < -0.4 is 5.73 Å². The summed E-state index contributed by atoms with van der Waals surface area (Å²) in [5.41, 5.74) is 7.79. The Hall–Kier alpha value is -1.74. The van der Waals surface area contributed by atoms with Crippen molar-refractivity contribution >= 4 is 27.7 Å². The van der Waals surface area contributed by atoms with Gasteiger partial charge in [-0.3, -0.25) is 0 Å². The minimum atomic E-state index is 0.189. The van der Waals surface area contributed by atoms with Crippen molar-refractivity contribution in [3.8, 4) is 5.75 Å². The van der Waals surface area contributed by atoms with Gasteiger partial charge in [-0.1, -0.05) is 53.4 Å². The molecule has 0 amide bonds. The predicted octanol–water partition coefficient (Wildman–Crippen LogP) is 4.01. The Bertz CT molecular complexity index is 501. The normalized spacial score (nSPS) is 11.7. The van der Waals surface area contributed by atoms with Gasteiger partial charge < -0.3 is 10.8 Å². The molecule has 1 rings (SSSR count). The van der Waals surface area contributed by atoms with Crippen LogP contribution in [0.15, 0.2) is 59.6 Å². The first-order valence-corrected chi connectivity index (χ1v) is 5.78. The lowest BCUT2D eigenvalue weighted by Crippen LogP contribution is -1.85. The van der Waals surface area contributed by atoms with E-state index in [4.69, 9.17) is 5.73 Å². The molecule has 0 aromatic heterocycles. The van der Waals surface area contributed by atoms with Gasteiger partial charge in [0, 0.05) is 15.7 Å². The van der Waals surface area contributed by atoms with Crippen LogP contribution in [0, 0.1) is 0 Å². The van der Waals surface area contributed by atoms with Gasteiger partial charge in [0.25, 0.3) is 0 Å². The molecule has 0 fully saturated rings. The second-order valence-electron chi connectivity index (χ2n) is 3.41. The fraction of sp³-hybridized carbons (Fsp3) is 0. The third-order valence-corrected chi connectivity index (χ3v) is 2.56. The molecule has 0 aliphatic heterocycles. The first-order valence-electron chi connectivity index (χ1n) is 4.98. The summed E-state index contributed by atoms with van der Waals surface area (Å²) in [7, 11) is 0. The standard InChI is InChI=1S/C14H14BrNO/c1-3-4-11(10(2)15)5-6-12-9-13(16)7-8-14(12)17/h3-9,17H,1-2,16H2/b6-5+,11-4-. The number of anilines is 1. The first-order chi connectivity index (χ1) is 8.04. The molecule has 0 unspecified atom stereocenters. The van der Waals surface area contributed by atoms with E-state index in [0.29, 0.717) is 11.3 Å². The highest BCUT2D eigenvalue weighted by Crippen LogP contribution is 2.23. The maximum Gasteiger partial charge on any atom is 0.122 e. The molecular weight excluding hydrogens is 278 g/mol. The Balaban J connectivity index is 3.04. The van der Waals surface area contributed by atoms with Crippen LogP contribution in [0.25, 0.3) is 6.08 Å². The molecule has 0 spiro atoms. The van der Waals surface area contributed by atoms with Crippen LogP contribution in [-0.2, 0) is 0 Å². The van der Waals surface area contributed by atoms with Crippen LogP contribution in [0.2, 0.25) is 0 Å². The van der Waals surface area contributed by atoms with Gasteiger partial charge in [-0.15, -0.1) is 0 Å². The molecule has 1 aromatic carbocycles. The average molecular weight is 292 g/mol. The fourth-order valence-corrected chi connectivity index (χ4v) is 1.51. The second-order valence-corrected chi connectivity index (χ2v) is 4.37. The molecule has 0 saturated carbocycles. The van der Waals surface area contributed by atoms with Crippen molar-refractivity contribution in [1.29, 1.82) is 0 Å². The van der Waals surface area contributed by atoms with Crippen molar-refractivity contribution in [2.75, 3.05) is 5.73 Å². The van der Waals surface area contributed by atoms with Gasteiger partial charge in [-0.05, 0) is 23.8 Å². The zero-order valence-electron chi connectivity index (χ0n) is 9.36. The third-order valence-electron chi connectivity index (χ3n) is 2.10. The number of nitrogen functional groups attached to an aromatic ring is 1. The number of hydrogen-bond donors (Lipinski definition) is 2. The van der Waals surface area contributed by atoms with Crippen molar-refractivity contribution in [2.45, 2.75) is 0 Å². The minimum Gasteiger partial charge on any atom is -0.507 e. The maximum absolute atomic E-state index is 9.64. The number of aromatic hydroxyl groups is 1. The molecule has 2 nitrogen and oxygen atoms in total. The summed E-state index contributed by atoms with van der Waals surface area (Å²) in [6.45, 7) is 7.42. The molecule has 3 heteroatoms. The number of rotatable bonds is 4. The van der Waals surface area contributed by atoms with Gasteiger partial charge in [0.2, 0.25) is 0 Å². The van der Waals surface area contributed by atoms with Gasteiger partial charge in [0.1, 0.15) is 5.75 Å². The summed E-state index contributed by atoms with van der Waals surface area (Å²) in [4.78, 5) is 0. The molecule has 0 bridgehead atoms. The van der Waals surface area contributed by atoms with Crippen molar-refractivity contribution in [3.05, 3.63) is 65.2 Å². The summed E-state index contributed by atoms with van der Waals surface area (Å²) in [6, 6.07) is 4.92. The topological polar surface area (TPSA) is 46.2 Å². The molecule has 0 saturated heterocycles. The first kappa shape index (κ1) is 13.3. The maximum atomic E-state index is 9.64. The predicted molar refractivity (Wildman–Crippen MR) is 77.9 cm³/mol. The van der Waals surface area contributed by atoms with Crippen LogP contribution in [0.5, 0.6) is 5.75 Å². The number of benzene rings is 1. The molecule has 0 atom stereocenters. The Morgan fingerprint density at radius 3 is 2.71 bits per heavy atom. The van der Waals surface area contributed by atoms with E-state index in [1.807, 2.05) is 12.2 Å². The van der Waals surface area contributed by atoms with Crippen LogP contribution >= 0.6 is 15.9 Å². The van der Waals surface area contributed by atoms with Crippen LogP contribution in [0.3, 0.4) is 0 Å². The molecule has 0 aliphatic carbocycles. The Morgan fingerprint density at radius 2 is 2.12 bits per heavy atom. The fourth-order valence-electron chi connectivity index (χ4n) is 1.25. The van der Waals surface area contributed by atoms with Crippen LogP contribution in [-0.4, -0.2) is 5.11 Å². The van der Waals surface area contributed by atoms with Crippen molar-refractivity contribution in [3.63, 3.8) is 0 Å². The molecule has 1 aromatic rings. The highest BCUT2D eigenvalue weighted by atomic mass is 79.9. The number of phenols is 1. The number of halogens is 1. The number of nitrogens with two attached hydrogens (primary N) is 1. The van der Waals surface area contributed by atoms with Crippen molar-refractivity contribution in [1.82, 2.24) is 0 Å². The summed E-state index contributed by atoms with van der Waals surface area (Å²) >= 11 is 3.30. The zero-order valence-corrected chi connectivity index (χ0v) is 10.9. The third kappa shape index (κ3) is 3.96. The van der Waals surface area contributed by atoms with E-state index in [1.54, 1.807) is 30.4 Å². The molecule has 3 N–H and O–H groups in total. The molecule has 0 aliphatic rings. The lowest BCUT2D eigenvalue weighted by molar-refractivity contribution is 0.474. The molecular formula is C14H14BrNO. The highest BCUT2D eigenvalue weighted by molar-refractivity contribution is 9.11. The van der Waals surface area contributed by atoms with Crippen molar-refractivity contribution < 1.29 is 5.11 Å². The Labute approximate surface area is 110 Å². The molecule has 17 heavy (non-hydrogen) atoms. The summed E-state index contributed by atoms with van der Waals surface area (Å²) in [5, 5.41) is 9.64. The van der Waals surface area contributed by atoms with Crippen molar-refractivity contribution in [2.24, 2.45) is 0 Å². The van der Waals surface area contributed by atoms with Crippen LogP contribution in [0.1, 0.15) is 5.56 Å². The average Bonchev–Trinajstić information content (AvgIpc) is 2.28. The molecule has 0 heterocycles. The largest absolute Gasteiger partial charge is 0.507 e. The van der Waals surface area contributed by atoms with E-state index in [-0.39, 0.29) is 5.75 Å². The summed E-state index contributed by atoms with van der Waals surface area (Å²) < 4.78 is 0.747. The lowest BCUT2D eigenvalue weighted by atomic mass is 10.1. The smallest absolute Gasteiger partial charge is 0.122 e. The highest BCUT2D eigenvalue weighted by Gasteiger charge is 1.98. The SMILES string of the molecule is C=C/C=C(/C=C/c1cc(N)ccc1O)C(=C)Br. The summed E-state index contributed by atoms with van der Waals surface area (Å²) in [5.74, 6) is 0.189. The van der Waals surface area contributed by atoms with E-state index in [0.717, 1.165) is 10.1 Å². The minimum absolute atomic E-state index is 0.189.